The van der Waals surface area contributed by atoms with E-state index in [1.54, 1.807) is 14.0 Å². The smallest absolute Gasteiger partial charge is 0.156 e. The van der Waals surface area contributed by atoms with E-state index in [-0.39, 0.29) is 17.1 Å². The van der Waals surface area contributed by atoms with Crippen molar-refractivity contribution in [1.29, 1.82) is 0 Å². The van der Waals surface area contributed by atoms with Crippen LogP contribution in [0.4, 0.5) is 5.69 Å². The Morgan fingerprint density at radius 2 is 1.97 bits per heavy atom. The largest absolute Gasteiger partial charge is 0.378 e. The molecule has 0 aromatic heterocycles. The van der Waals surface area contributed by atoms with E-state index in [0.29, 0.717) is 30.4 Å². The number of carbonyl (C=O) groups excluding carboxylic acids is 1. The normalized spacial score (nSPS) is 37.6. The lowest BCUT2D eigenvalue weighted by Gasteiger charge is -2.53. The van der Waals surface area contributed by atoms with E-state index in [0.717, 1.165) is 37.7 Å². The van der Waals surface area contributed by atoms with Crippen LogP contribution in [-0.2, 0) is 4.79 Å². The molecule has 4 aliphatic carbocycles. The molecule has 0 radical (unpaired) electrons. The SMILES string of the molecule is [3H]C([3H])([3H])N(C)c1ccc([C@H]2C[C@@]3(C)[C@@H](CC[C@@]3(O)C#CC)[C@@H]3CCC4=CC(=O)CCC4=C32)cc1. The third-order valence-corrected chi connectivity index (χ3v) is 8.90. The van der Waals surface area contributed by atoms with Crippen molar-refractivity contribution in [3.8, 4) is 11.8 Å². The van der Waals surface area contributed by atoms with E-state index in [4.69, 9.17) is 4.11 Å². The number of anilines is 1. The number of benzene rings is 1. The van der Waals surface area contributed by atoms with Crippen LogP contribution in [0.1, 0.15) is 74.4 Å². The fraction of sp³-hybridized carbons (Fsp3) is 0.552. The molecule has 1 N–H and O–H groups in total. The Bertz CT molecular complexity index is 1170. The van der Waals surface area contributed by atoms with E-state index in [1.165, 1.54) is 21.6 Å². The molecule has 0 heterocycles. The van der Waals surface area contributed by atoms with E-state index in [2.05, 4.69) is 30.9 Å². The van der Waals surface area contributed by atoms with Gasteiger partial charge in [0.05, 0.1) is 0 Å². The summed E-state index contributed by atoms with van der Waals surface area (Å²) >= 11 is 0. The van der Waals surface area contributed by atoms with E-state index < -0.39 is 12.6 Å². The van der Waals surface area contributed by atoms with Gasteiger partial charge in [-0.3, -0.25) is 4.79 Å². The zero-order valence-electron chi connectivity index (χ0n) is 22.4. The van der Waals surface area contributed by atoms with Crippen LogP contribution in [0.15, 0.2) is 47.1 Å². The third kappa shape index (κ3) is 3.11. The van der Waals surface area contributed by atoms with Gasteiger partial charge in [-0.1, -0.05) is 30.6 Å². The third-order valence-electron chi connectivity index (χ3n) is 8.90. The summed E-state index contributed by atoms with van der Waals surface area (Å²) in [5.74, 6) is 7.28. The number of nitrogens with zero attached hydrogens (tertiary/aromatic N) is 1. The number of carbonyl (C=O) groups is 1. The van der Waals surface area contributed by atoms with Crippen LogP contribution in [0.2, 0.25) is 0 Å². The number of rotatable bonds is 2. The fourth-order valence-corrected chi connectivity index (χ4v) is 7.31. The Balaban J connectivity index is 1.63. The van der Waals surface area contributed by atoms with Crippen LogP contribution in [-0.4, -0.2) is 30.5 Å². The van der Waals surface area contributed by atoms with Crippen molar-refractivity contribution in [2.75, 3.05) is 18.9 Å². The van der Waals surface area contributed by atoms with Gasteiger partial charge in [0, 0.05) is 41.6 Å². The average Bonchev–Trinajstić information content (AvgIpc) is 3.07. The predicted octanol–water partition coefficient (Wildman–Crippen LogP) is 5.41. The van der Waals surface area contributed by atoms with Crippen LogP contribution >= 0.6 is 0 Å². The summed E-state index contributed by atoms with van der Waals surface area (Å²) in [6.45, 7) is 1.84. The van der Waals surface area contributed by atoms with Gasteiger partial charge in [-0.05, 0) is 92.2 Å². The molecule has 0 spiro atoms. The summed E-state index contributed by atoms with van der Waals surface area (Å²) in [5, 5.41) is 11.8. The molecule has 2 saturated carbocycles. The minimum Gasteiger partial charge on any atom is -0.378 e. The highest BCUT2D eigenvalue weighted by Gasteiger charge is 2.62. The van der Waals surface area contributed by atoms with Crippen molar-refractivity contribution in [3.63, 3.8) is 0 Å². The molecule has 1 aromatic carbocycles. The van der Waals surface area contributed by atoms with Crippen molar-refractivity contribution in [1.82, 2.24) is 0 Å². The minimum atomic E-state index is -2.19. The van der Waals surface area contributed by atoms with Gasteiger partial charge in [0.1, 0.15) is 5.60 Å². The fourth-order valence-electron chi connectivity index (χ4n) is 7.31. The van der Waals surface area contributed by atoms with Crippen molar-refractivity contribution < 1.29 is 14.0 Å². The number of hydrogen-bond acceptors (Lipinski definition) is 3. The second kappa shape index (κ2) is 7.63. The van der Waals surface area contributed by atoms with E-state index >= 15 is 0 Å². The number of aliphatic hydroxyl groups is 1. The standard InChI is InChI=1S/C29H35NO2/c1-5-15-29(32)16-14-26-24-12-8-20-17-22(31)11-13-23(20)27(24)25(18-28(26,29)2)19-6-9-21(10-7-19)30(3)4/h6-7,9-10,17,24-26,32H,8,11-14,16,18H2,1-4H3/t24-,25+,26-,28-,29-/m0/s1/i3T3. The van der Waals surface area contributed by atoms with Crippen LogP contribution in [0.3, 0.4) is 0 Å². The molecule has 4 aliphatic rings. The maximum Gasteiger partial charge on any atom is 0.156 e. The molecule has 5 atom stereocenters. The topological polar surface area (TPSA) is 40.5 Å². The summed E-state index contributed by atoms with van der Waals surface area (Å²) in [4.78, 5) is 13.5. The Labute approximate surface area is 196 Å². The maximum absolute atomic E-state index is 12.2. The molecule has 0 saturated heterocycles. The van der Waals surface area contributed by atoms with Gasteiger partial charge in [-0.2, -0.15) is 0 Å². The number of fused-ring (bicyclic) bond motifs is 4. The van der Waals surface area contributed by atoms with Crippen LogP contribution in [0.25, 0.3) is 0 Å². The summed E-state index contributed by atoms with van der Waals surface area (Å²) in [7, 11) is 1.59. The maximum atomic E-state index is 12.2. The number of allylic oxidation sites excluding steroid dienone is 4. The van der Waals surface area contributed by atoms with Gasteiger partial charge in [0.2, 0.25) is 0 Å². The highest BCUT2D eigenvalue weighted by atomic mass is 16.3. The molecule has 0 unspecified atom stereocenters. The zero-order valence-corrected chi connectivity index (χ0v) is 19.4. The Hall–Kier alpha value is -2.31. The molecule has 3 nitrogen and oxygen atoms in total. The molecule has 5 rings (SSSR count). The quantitative estimate of drug-likeness (QED) is 0.632. The molecule has 0 amide bonds. The van der Waals surface area contributed by atoms with Crippen molar-refractivity contribution >= 4 is 11.5 Å². The number of ketones is 1. The molecular formula is C29H35NO2. The van der Waals surface area contributed by atoms with Crippen LogP contribution < -0.4 is 4.90 Å². The Morgan fingerprint density at radius 1 is 1.19 bits per heavy atom. The van der Waals surface area contributed by atoms with Gasteiger partial charge in [-0.15, -0.1) is 5.92 Å². The van der Waals surface area contributed by atoms with Gasteiger partial charge in [0.25, 0.3) is 0 Å². The highest BCUT2D eigenvalue weighted by Crippen LogP contribution is 2.66. The first kappa shape index (κ1) is 18.2. The van der Waals surface area contributed by atoms with Crippen molar-refractivity contribution in [2.24, 2.45) is 17.3 Å². The molecule has 0 aliphatic heterocycles. The Morgan fingerprint density at radius 3 is 2.69 bits per heavy atom. The second-order valence-electron chi connectivity index (χ2n) is 10.4. The van der Waals surface area contributed by atoms with Gasteiger partial charge >= 0.3 is 0 Å². The first-order chi connectivity index (χ1) is 16.5. The van der Waals surface area contributed by atoms with Crippen LogP contribution in [0, 0.1) is 29.1 Å². The molecule has 2 fully saturated rings. The van der Waals surface area contributed by atoms with Gasteiger partial charge in [-0.25, -0.2) is 0 Å². The second-order valence-corrected chi connectivity index (χ2v) is 10.4. The molecular weight excluding hydrogens is 394 g/mol. The zero-order chi connectivity index (χ0) is 25.2. The summed E-state index contributed by atoms with van der Waals surface area (Å²) in [6.07, 6.45) is 7.63. The summed E-state index contributed by atoms with van der Waals surface area (Å²) < 4.78 is 23.2. The van der Waals surface area contributed by atoms with E-state index in [9.17, 15) is 9.90 Å². The minimum absolute atomic E-state index is 0.114. The predicted molar refractivity (Wildman–Crippen MR) is 129 cm³/mol. The lowest BCUT2D eigenvalue weighted by atomic mass is 9.51. The molecule has 168 valence electrons. The summed E-state index contributed by atoms with van der Waals surface area (Å²) in [6, 6.07) is 7.91. The van der Waals surface area contributed by atoms with Gasteiger partial charge in [0.15, 0.2) is 5.78 Å². The molecule has 32 heavy (non-hydrogen) atoms. The first-order valence-electron chi connectivity index (χ1n) is 13.5. The van der Waals surface area contributed by atoms with Crippen LogP contribution in [0.5, 0.6) is 0 Å². The van der Waals surface area contributed by atoms with Crippen molar-refractivity contribution in [2.45, 2.75) is 70.3 Å². The summed E-state index contributed by atoms with van der Waals surface area (Å²) in [5.41, 5.74) is 4.52. The lowest BCUT2D eigenvalue weighted by Crippen LogP contribution is -2.51. The highest BCUT2D eigenvalue weighted by molar-refractivity contribution is 5.93. The van der Waals surface area contributed by atoms with E-state index in [1.807, 2.05) is 18.2 Å². The molecule has 0 bridgehead atoms. The average molecular weight is 436 g/mol. The van der Waals surface area contributed by atoms with Crippen molar-refractivity contribution in [3.05, 3.63) is 52.6 Å². The Kier molecular flexibility index (Phi) is 4.33. The number of hydrogen-bond donors (Lipinski definition) is 1. The lowest BCUT2D eigenvalue weighted by molar-refractivity contribution is -0.114. The molecule has 3 heteroatoms. The molecule has 1 aromatic rings. The first-order valence-corrected chi connectivity index (χ1v) is 12.0. The monoisotopic (exact) mass is 435 g/mol. The van der Waals surface area contributed by atoms with Gasteiger partial charge < -0.3 is 10.0 Å².